The van der Waals surface area contributed by atoms with Gasteiger partial charge in [0.2, 0.25) is 0 Å². The van der Waals surface area contributed by atoms with Crippen molar-refractivity contribution in [1.82, 2.24) is 0 Å². The van der Waals surface area contributed by atoms with Gasteiger partial charge in [-0.15, -0.1) is 0 Å². The number of rotatable bonds is 11. The van der Waals surface area contributed by atoms with E-state index in [2.05, 4.69) is 19.9 Å². The summed E-state index contributed by atoms with van der Waals surface area (Å²) in [6.07, 6.45) is 3.25. The Bertz CT molecular complexity index is 505. The van der Waals surface area contributed by atoms with Crippen LogP contribution in [0.5, 0.6) is 0 Å². The summed E-state index contributed by atoms with van der Waals surface area (Å²) in [6.45, 7) is 15.7. The Kier molecular flexibility index (Phi) is 11.1. The highest BCUT2D eigenvalue weighted by Crippen LogP contribution is 2.27. The summed E-state index contributed by atoms with van der Waals surface area (Å²) in [7, 11) is 1.62. The average molecular weight is 384 g/mol. The highest BCUT2D eigenvalue weighted by molar-refractivity contribution is 5.86. The van der Waals surface area contributed by atoms with E-state index in [4.69, 9.17) is 15.2 Å². The van der Waals surface area contributed by atoms with E-state index in [0.717, 1.165) is 12.0 Å². The first-order valence-electron chi connectivity index (χ1n) is 10.0. The number of carbonyl (C=O) groups excluding carboxylic acids is 2. The first kappa shape index (κ1) is 25.8. The quantitative estimate of drug-likeness (QED) is 0.425. The highest BCUT2D eigenvalue weighted by Gasteiger charge is 2.29. The van der Waals surface area contributed by atoms with Crippen molar-refractivity contribution >= 4 is 11.8 Å². The number of Topliss-reactive ketones (excluding diaryl/α,β-unsaturated/α-hetero) is 1. The van der Waals surface area contributed by atoms with E-state index < -0.39 is 11.6 Å². The lowest BCUT2D eigenvalue weighted by Crippen LogP contribution is -2.36. The van der Waals surface area contributed by atoms with Crippen LogP contribution in [0.15, 0.2) is 11.6 Å². The van der Waals surface area contributed by atoms with Gasteiger partial charge < -0.3 is 15.2 Å². The Morgan fingerprint density at radius 1 is 1.15 bits per heavy atom. The Balaban J connectivity index is 5.32. The zero-order valence-corrected chi connectivity index (χ0v) is 18.8. The van der Waals surface area contributed by atoms with Crippen molar-refractivity contribution in [2.24, 2.45) is 23.5 Å². The molecule has 0 radical (unpaired) electrons. The number of hydrogen-bond donors (Lipinski definition) is 1. The van der Waals surface area contributed by atoms with E-state index in [9.17, 15) is 9.59 Å². The molecule has 0 aromatic carbocycles. The van der Waals surface area contributed by atoms with Crippen LogP contribution in [0, 0.1) is 17.8 Å². The van der Waals surface area contributed by atoms with Crippen LogP contribution in [-0.4, -0.2) is 36.6 Å². The average Bonchev–Trinajstić information content (AvgIpc) is 2.54. The van der Waals surface area contributed by atoms with E-state index in [0.29, 0.717) is 12.3 Å². The van der Waals surface area contributed by atoms with E-state index in [1.807, 2.05) is 41.5 Å². The molecular weight excluding hydrogens is 342 g/mol. The molecular formula is C22H41NO4. The van der Waals surface area contributed by atoms with Gasteiger partial charge >= 0.3 is 5.97 Å². The zero-order valence-electron chi connectivity index (χ0n) is 18.8. The normalized spacial score (nSPS) is 17.4. The van der Waals surface area contributed by atoms with Gasteiger partial charge in [0.15, 0.2) is 5.78 Å². The number of carbonyl (C=O) groups is 2. The lowest BCUT2D eigenvalue weighted by atomic mass is 9.83. The van der Waals surface area contributed by atoms with Gasteiger partial charge in [-0.3, -0.25) is 9.59 Å². The maximum Gasteiger partial charge on any atom is 0.308 e. The van der Waals surface area contributed by atoms with Gasteiger partial charge in [-0.25, -0.2) is 0 Å². The predicted molar refractivity (Wildman–Crippen MR) is 110 cm³/mol. The molecule has 4 unspecified atom stereocenters. The third kappa shape index (κ3) is 10.1. The van der Waals surface area contributed by atoms with Crippen LogP contribution in [0.25, 0.3) is 0 Å². The van der Waals surface area contributed by atoms with E-state index in [1.54, 1.807) is 7.11 Å². The van der Waals surface area contributed by atoms with Crippen LogP contribution in [0.1, 0.15) is 74.7 Å². The number of nitrogens with two attached hydrogens (primary N) is 1. The van der Waals surface area contributed by atoms with Gasteiger partial charge in [0.05, 0.1) is 18.6 Å². The summed E-state index contributed by atoms with van der Waals surface area (Å²) >= 11 is 0. The van der Waals surface area contributed by atoms with Crippen LogP contribution in [-0.2, 0) is 19.1 Å². The zero-order chi connectivity index (χ0) is 21.4. The first-order chi connectivity index (χ1) is 12.3. The number of ether oxygens (including phenoxy) is 2. The lowest BCUT2D eigenvalue weighted by molar-refractivity contribution is -0.158. The van der Waals surface area contributed by atoms with Gasteiger partial charge in [-0.1, -0.05) is 45.8 Å². The fraction of sp³-hybridized carbons (Fsp3) is 0.818. The molecule has 0 heterocycles. The molecule has 27 heavy (non-hydrogen) atoms. The molecule has 0 aliphatic heterocycles. The van der Waals surface area contributed by atoms with Crippen LogP contribution in [0.4, 0.5) is 0 Å². The van der Waals surface area contributed by atoms with Gasteiger partial charge in [-0.05, 0) is 39.5 Å². The molecule has 0 aliphatic carbocycles. The molecule has 158 valence electrons. The van der Waals surface area contributed by atoms with Gasteiger partial charge in [0.25, 0.3) is 0 Å². The van der Waals surface area contributed by atoms with Crippen molar-refractivity contribution in [2.45, 2.75) is 92.4 Å². The number of esters is 1. The SMILES string of the molecule is CCC(C)C(C=C(C)CC(=O)C(N)C(C)C)C(CC(=O)OC(C)(C)C)OC. The fourth-order valence-electron chi connectivity index (χ4n) is 2.99. The number of hydrogen-bond acceptors (Lipinski definition) is 5. The molecule has 0 fully saturated rings. The Morgan fingerprint density at radius 3 is 2.11 bits per heavy atom. The van der Waals surface area contributed by atoms with Crippen molar-refractivity contribution < 1.29 is 19.1 Å². The minimum Gasteiger partial charge on any atom is -0.460 e. The molecule has 0 saturated heterocycles. The van der Waals surface area contributed by atoms with Crippen molar-refractivity contribution in [2.75, 3.05) is 7.11 Å². The molecule has 0 aliphatic rings. The second kappa shape index (κ2) is 11.6. The molecule has 0 spiro atoms. The monoisotopic (exact) mass is 383 g/mol. The van der Waals surface area contributed by atoms with Gasteiger partial charge in [-0.2, -0.15) is 0 Å². The van der Waals surface area contributed by atoms with Gasteiger partial charge in [0, 0.05) is 19.4 Å². The minimum absolute atomic E-state index is 0.0237. The second-order valence-corrected chi connectivity index (χ2v) is 8.95. The third-order valence-corrected chi connectivity index (χ3v) is 4.84. The topological polar surface area (TPSA) is 78.6 Å². The number of allylic oxidation sites excluding steroid dienone is 1. The van der Waals surface area contributed by atoms with Crippen LogP contribution < -0.4 is 5.73 Å². The lowest BCUT2D eigenvalue weighted by Gasteiger charge is -2.29. The summed E-state index contributed by atoms with van der Waals surface area (Å²) in [5.41, 5.74) is 6.42. The Morgan fingerprint density at radius 2 is 1.70 bits per heavy atom. The fourth-order valence-corrected chi connectivity index (χ4v) is 2.99. The molecule has 0 aromatic rings. The van der Waals surface area contributed by atoms with Crippen molar-refractivity contribution in [3.8, 4) is 0 Å². The third-order valence-electron chi connectivity index (χ3n) is 4.84. The maximum absolute atomic E-state index is 12.3. The van der Waals surface area contributed by atoms with E-state index in [1.165, 1.54) is 0 Å². The summed E-state index contributed by atoms with van der Waals surface area (Å²) in [6, 6.07) is -0.449. The Labute approximate surface area is 166 Å². The van der Waals surface area contributed by atoms with Crippen LogP contribution in [0.3, 0.4) is 0 Å². The predicted octanol–water partition coefficient (Wildman–Crippen LogP) is 4.28. The van der Waals surface area contributed by atoms with Crippen molar-refractivity contribution in [3.05, 3.63) is 11.6 Å². The summed E-state index contributed by atoms with van der Waals surface area (Å²) < 4.78 is 11.1. The number of methoxy groups -OCH3 is 1. The molecule has 5 nitrogen and oxygen atoms in total. The smallest absolute Gasteiger partial charge is 0.308 e. The van der Waals surface area contributed by atoms with Crippen molar-refractivity contribution in [3.63, 3.8) is 0 Å². The molecule has 5 heteroatoms. The Hall–Kier alpha value is -1.20. The van der Waals surface area contributed by atoms with Crippen molar-refractivity contribution in [1.29, 1.82) is 0 Å². The van der Waals surface area contributed by atoms with E-state index >= 15 is 0 Å². The molecule has 0 saturated carbocycles. The molecule has 2 N–H and O–H groups in total. The second-order valence-electron chi connectivity index (χ2n) is 8.95. The van der Waals surface area contributed by atoms with Gasteiger partial charge in [0.1, 0.15) is 5.60 Å². The molecule has 0 aromatic heterocycles. The maximum atomic E-state index is 12.3. The molecule has 0 bridgehead atoms. The summed E-state index contributed by atoms with van der Waals surface area (Å²) in [5, 5.41) is 0. The van der Waals surface area contributed by atoms with Crippen LogP contribution in [0.2, 0.25) is 0 Å². The minimum atomic E-state index is -0.521. The summed E-state index contributed by atoms with van der Waals surface area (Å²) in [5.74, 6) is 0.223. The number of ketones is 1. The standard InChI is InChI=1S/C22H41NO4/c1-10-16(5)17(11-15(4)12-18(24)21(23)14(2)3)19(26-9)13-20(25)27-22(6,7)8/h11,14,16-17,19,21H,10,12-13,23H2,1-9H3. The first-order valence-corrected chi connectivity index (χ1v) is 10.0. The summed E-state index contributed by atoms with van der Waals surface area (Å²) in [4.78, 5) is 24.6. The van der Waals surface area contributed by atoms with Crippen LogP contribution >= 0.6 is 0 Å². The molecule has 0 rings (SSSR count). The molecule has 4 atom stereocenters. The highest BCUT2D eigenvalue weighted by atomic mass is 16.6. The largest absolute Gasteiger partial charge is 0.460 e. The van der Waals surface area contributed by atoms with E-state index in [-0.39, 0.29) is 36.1 Å². The molecule has 0 amide bonds.